The SMILES string of the molecule is CCc1cc(CC)c(C(=O)C(C)(C)S(C)(=O)=O)c(CC)c1. The van der Waals surface area contributed by atoms with Crippen LogP contribution in [0.5, 0.6) is 0 Å². The predicted octanol–water partition coefficient (Wildman–Crippen LogP) is 3.38. The van der Waals surface area contributed by atoms with Crippen LogP contribution in [0.15, 0.2) is 12.1 Å². The molecule has 0 unspecified atom stereocenters. The summed E-state index contributed by atoms with van der Waals surface area (Å²) in [6.07, 6.45) is 3.48. The van der Waals surface area contributed by atoms with Crippen LogP contribution >= 0.6 is 0 Å². The molecule has 0 heterocycles. The van der Waals surface area contributed by atoms with Gasteiger partial charge in [0.05, 0.1) is 0 Å². The standard InChI is InChI=1S/C17H26O3S/c1-7-12-10-13(8-2)15(14(9-3)11-12)16(18)17(4,5)21(6,19)20/h10-11H,7-9H2,1-6H3. The smallest absolute Gasteiger partial charge is 0.184 e. The summed E-state index contributed by atoms with van der Waals surface area (Å²) in [6, 6.07) is 4.06. The maximum absolute atomic E-state index is 12.9. The van der Waals surface area contributed by atoms with Gasteiger partial charge in [0.25, 0.3) is 0 Å². The van der Waals surface area contributed by atoms with E-state index in [0.29, 0.717) is 5.56 Å². The zero-order valence-electron chi connectivity index (χ0n) is 13.9. The Bertz CT molecular complexity index is 615. The highest BCUT2D eigenvalue weighted by molar-refractivity contribution is 7.92. The zero-order valence-corrected chi connectivity index (χ0v) is 14.7. The van der Waals surface area contributed by atoms with Gasteiger partial charge in [-0.2, -0.15) is 0 Å². The van der Waals surface area contributed by atoms with E-state index in [4.69, 9.17) is 0 Å². The molecule has 0 saturated heterocycles. The first-order valence-electron chi connectivity index (χ1n) is 7.49. The molecule has 0 N–H and O–H groups in total. The summed E-state index contributed by atoms with van der Waals surface area (Å²) in [4.78, 5) is 12.9. The largest absolute Gasteiger partial charge is 0.292 e. The van der Waals surface area contributed by atoms with Crippen molar-refractivity contribution in [3.05, 3.63) is 34.4 Å². The third-order valence-corrected chi connectivity index (χ3v) is 6.27. The topological polar surface area (TPSA) is 51.2 Å². The molecule has 0 aliphatic rings. The minimum Gasteiger partial charge on any atom is -0.292 e. The average Bonchev–Trinajstić information content (AvgIpc) is 2.43. The first-order valence-corrected chi connectivity index (χ1v) is 9.38. The first-order chi connectivity index (χ1) is 9.60. The molecule has 0 saturated carbocycles. The number of aryl methyl sites for hydroxylation is 3. The molecule has 1 aromatic carbocycles. The summed E-state index contributed by atoms with van der Waals surface area (Å²) >= 11 is 0. The van der Waals surface area contributed by atoms with Crippen LogP contribution in [-0.4, -0.2) is 25.2 Å². The van der Waals surface area contributed by atoms with Crippen molar-refractivity contribution in [3.8, 4) is 0 Å². The maximum Gasteiger partial charge on any atom is 0.184 e. The van der Waals surface area contributed by atoms with Gasteiger partial charge in [-0.25, -0.2) is 8.42 Å². The Kier molecular flexibility index (Phi) is 5.37. The summed E-state index contributed by atoms with van der Waals surface area (Å²) in [5, 5.41) is 0. The molecule has 0 bridgehead atoms. The van der Waals surface area contributed by atoms with E-state index in [1.807, 2.05) is 26.0 Å². The molecule has 0 fully saturated rings. The number of carbonyl (C=O) groups excluding carboxylic acids is 1. The molecule has 4 heteroatoms. The molecule has 118 valence electrons. The number of ketones is 1. The van der Waals surface area contributed by atoms with Crippen molar-refractivity contribution in [1.82, 2.24) is 0 Å². The summed E-state index contributed by atoms with van der Waals surface area (Å²) in [7, 11) is -3.46. The second-order valence-corrected chi connectivity index (χ2v) is 8.53. The number of benzene rings is 1. The van der Waals surface area contributed by atoms with E-state index in [2.05, 4.69) is 6.92 Å². The van der Waals surface area contributed by atoms with E-state index in [1.54, 1.807) is 0 Å². The molecule has 21 heavy (non-hydrogen) atoms. The Balaban J connectivity index is 3.59. The van der Waals surface area contributed by atoms with Crippen LogP contribution in [0.4, 0.5) is 0 Å². The Hall–Kier alpha value is -1.16. The molecule has 0 aliphatic carbocycles. The van der Waals surface area contributed by atoms with Gasteiger partial charge in [-0.1, -0.05) is 32.9 Å². The fourth-order valence-electron chi connectivity index (χ4n) is 2.36. The van der Waals surface area contributed by atoms with Gasteiger partial charge < -0.3 is 0 Å². The maximum atomic E-state index is 12.9. The second-order valence-electron chi connectivity index (χ2n) is 5.96. The molecule has 1 rings (SSSR count). The Morgan fingerprint density at radius 3 is 1.71 bits per heavy atom. The van der Waals surface area contributed by atoms with Gasteiger partial charge in [0.1, 0.15) is 4.75 Å². The van der Waals surface area contributed by atoms with Crippen molar-refractivity contribution in [2.24, 2.45) is 0 Å². The van der Waals surface area contributed by atoms with Crippen LogP contribution in [0.2, 0.25) is 0 Å². The van der Waals surface area contributed by atoms with Crippen LogP contribution in [0.1, 0.15) is 61.7 Å². The molecular weight excluding hydrogens is 284 g/mol. The molecule has 0 aromatic heterocycles. The van der Waals surface area contributed by atoms with Crippen molar-refractivity contribution in [1.29, 1.82) is 0 Å². The van der Waals surface area contributed by atoms with Crippen LogP contribution in [-0.2, 0) is 29.1 Å². The lowest BCUT2D eigenvalue weighted by molar-refractivity contribution is 0.0952. The van der Waals surface area contributed by atoms with Crippen molar-refractivity contribution in [2.75, 3.05) is 6.26 Å². The summed E-state index contributed by atoms with van der Waals surface area (Å²) in [6.45, 7) is 9.07. The van der Waals surface area contributed by atoms with Gasteiger partial charge in [0, 0.05) is 11.8 Å². The van der Waals surface area contributed by atoms with Crippen molar-refractivity contribution >= 4 is 15.6 Å². The van der Waals surface area contributed by atoms with E-state index < -0.39 is 14.6 Å². The van der Waals surface area contributed by atoms with Crippen molar-refractivity contribution < 1.29 is 13.2 Å². The lowest BCUT2D eigenvalue weighted by atomic mass is 9.87. The molecule has 0 radical (unpaired) electrons. The number of hydrogen-bond acceptors (Lipinski definition) is 3. The number of hydrogen-bond donors (Lipinski definition) is 0. The Labute approximate surface area is 128 Å². The first kappa shape index (κ1) is 17.9. The minimum atomic E-state index is -3.46. The number of rotatable bonds is 6. The average molecular weight is 310 g/mol. The Morgan fingerprint density at radius 2 is 1.43 bits per heavy atom. The summed E-state index contributed by atoms with van der Waals surface area (Å²) in [5.41, 5.74) is 3.70. The lowest BCUT2D eigenvalue weighted by Gasteiger charge is -2.24. The Morgan fingerprint density at radius 1 is 1.00 bits per heavy atom. The third-order valence-electron chi connectivity index (χ3n) is 4.23. The molecule has 0 amide bonds. The van der Waals surface area contributed by atoms with Crippen LogP contribution < -0.4 is 0 Å². The minimum absolute atomic E-state index is 0.290. The van der Waals surface area contributed by atoms with Gasteiger partial charge in [-0.15, -0.1) is 0 Å². The van der Waals surface area contributed by atoms with E-state index >= 15 is 0 Å². The van der Waals surface area contributed by atoms with E-state index in [0.717, 1.165) is 36.6 Å². The van der Waals surface area contributed by atoms with E-state index in [-0.39, 0.29) is 5.78 Å². The fourth-order valence-corrected chi connectivity index (χ4v) is 2.80. The van der Waals surface area contributed by atoms with Crippen LogP contribution in [0, 0.1) is 0 Å². The monoisotopic (exact) mass is 310 g/mol. The van der Waals surface area contributed by atoms with Gasteiger partial charge in [-0.3, -0.25) is 4.79 Å². The molecular formula is C17H26O3S. The zero-order chi connectivity index (χ0) is 16.4. The summed E-state index contributed by atoms with van der Waals surface area (Å²) < 4.78 is 22.5. The highest BCUT2D eigenvalue weighted by atomic mass is 32.2. The predicted molar refractivity (Wildman–Crippen MR) is 87.8 cm³/mol. The molecule has 0 aliphatic heterocycles. The summed E-state index contributed by atoms with van der Waals surface area (Å²) in [5.74, 6) is -0.290. The molecule has 0 atom stereocenters. The van der Waals surface area contributed by atoms with E-state index in [1.165, 1.54) is 19.4 Å². The van der Waals surface area contributed by atoms with Gasteiger partial charge in [-0.05, 0) is 49.8 Å². The molecule has 1 aromatic rings. The number of carbonyl (C=O) groups is 1. The number of Topliss-reactive ketones (excluding diaryl/α,β-unsaturated/α-hetero) is 1. The van der Waals surface area contributed by atoms with Crippen LogP contribution in [0.25, 0.3) is 0 Å². The van der Waals surface area contributed by atoms with Crippen LogP contribution in [0.3, 0.4) is 0 Å². The normalized spacial score (nSPS) is 12.5. The fraction of sp³-hybridized carbons (Fsp3) is 0.588. The lowest BCUT2D eigenvalue weighted by Crippen LogP contribution is -2.41. The highest BCUT2D eigenvalue weighted by Gasteiger charge is 2.40. The van der Waals surface area contributed by atoms with E-state index in [9.17, 15) is 13.2 Å². The van der Waals surface area contributed by atoms with Gasteiger partial charge in [0.2, 0.25) is 0 Å². The quantitative estimate of drug-likeness (QED) is 0.757. The molecule has 3 nitrogen and oxygen atoms in total. The van der Waals surface area contributed by atoms with Crippen molar-refractivity contribution in [3.63, 3.8) is 0 Å². The molecule has 0 spiro atoms. The van der Waals surface area contributed by atoms with Gasteiger partial charge >= 0.3 is 0 Å². The van der Waals surface area contributed by atoms with Crippen molar-refractivity contribution in [2.45, 2.75) is 58.6 Å². The van der Waals surface area contributed by atoms with Gasteiger partial charge in [0.15, 0.2) is 15.6 Å². The highest BCUT2D eigenvalue weighted by Crippen LogP contribution is 2.28. The second kappa shape index (κ2) is 6.30. The third kappa shape index (κ3) is 3.37. The number of sulfone groups is 1.